The van der Waals surface area contributed by atoms with E-state index in [1.165, 1.54) is 25.5 Å². The van der Waals surface area contributed by atoms with Crippen LogP contribution < -0.4 is 10.2 Å². The first kappa shape index (κ1) is 28.5. The highest BCUT2D eigenvalue weighted by atomic mass is 19.4. The van der Waals surface area contributed by atoms with Gasteiger partial charge in [0.1, 0.15) is 12.1 Å². The number of anilines is 1. The summed E-state index contributed by atoms with van der Waals surface area (Å²) >= 11 is 0. The second kappa shape index (κ2) is 12.3. The average molecular weight is 497 g/mol. The van der Waals surface area contributed by atoms with Crippen LogP contribution in [0.25, 0.3) is 0 Å². The van der Waals surface area contributed by atoms with Crippen molar-refractivity contribution < 1.29 is 18.0 Å². The van der Waals surface area contributed by atoms with Gasteiger partial charge in [0.25, 0.3) is 0 Å². The van der Waals surface area contributed by atoms with Crippen LogP contribution in [0.2, 0.25) is 0 Å². The number of nitrogens with one attached hydrogen (secondary N) is 1. The first-order valence-corrected chi connectivity index (χ1v) is 11.6. The molecule has 1 aliphatic rings. The van der Waals surface area contributed by atoms with E-state index in [0.717, 1.165) is 29.4 Å². The van der Waals surface area contributed by atoms with Crippen molar-refractivity contribution in [1.29, 1.82) is 5.26 Å². The van der Waals surface area contributed by atoms with E-state index in [1.54, 1.807) is 4.90 Å². The Morgan fingerprint density at radius 1 is 1.08 bits per heavy atom. The molecular formula is C28H31F3N4O. The van der Waals surface area contributed by atoms with E-state index in [0.29, 0.717) is 0 Å². The van der Waals surface area contributed by atoms with Gasteiger partial charge >= 0.3 is 6.18 Å². The lowest BCUT2D eigenvalue weighted by Gasteiger charge is -2.22. The molecule has 0 saturated carbocycles. The number of benzene rings is 2. The Hall–Kier alpha value is -3.70. The highest BCUT2D eigenvalue weighted by Crippen LogP contribution is 2.33. The minimum Gasteiger partial charge on any atom is -0.314 e. The van der Waals surface area contributed by atoms with Crippen LogP contribution in [0.15, 0.2) is 54.6 Å². The zero-order valence-electron chi connectivity index (χ0n) is 21.4. The number of carbonyl (C=O) groups excluding carboxylic acids is 1. The molecule has 2 heterocycles. The lowest BCUT2D eigenvalue weighted by molar-refractivity contribution is -0.138. The van der Waals surface area contributed by atoms with E-state index in [4.69, 9.17) is 5.26 Å². The van der Waals surface area contributed by atoms with E-state index < -0.39 is 17.3 Å². The number of hydrogen-bond acceptors (Lipinski definition) is 4. The quantitative estimate of drug-likeness (QED) is 0.445. The molecule has 0 fully saturated rings. The zero-order chi connectivity index (χ0) is 27.0. The second-order valence-corrected chi connectivity index (χ2v) is 8.13. The largest absolute Gasteiger partial charge is 0.417 e. The fraction of sp³-hybridized carbons (Fsp3) is 0.321. The summed E-state index contributed by atoms with van der Waals surface area (Å²) in [6, 6.07) is 18.3. The van der Waals surface area contributed by atoms with Crippen molar-refractivity contribution in [3.8, 4) is 6.07 Å². The molecule has 1 unspecified atom stereocenters. The molecule has 0 bridgehead atoms. The van der Waals surface area contributed by atoms with Gasteiger partial charge in [0.2, 0.25) is 5.91 Å². The summed E-state index contributed by atoms with van der Waals surface area (Å²) in [6.07, 6.45) is -4.50. The van der Waals surface area contributed by atoms with Gasteiger partial charge in [-0.25, -0.2) is 0 Å². The van der Waals surface area contributed by atoms with E-state index in [9.17, 15) is 18.0 Å². The molecule has 0 spiro atoms. The lowest BCUT2D eigenvalue weighted by atomic mass is 10.0. The third-order valence-electron chi connectivity index (χ3n) is 5.57. The standard InChI is InChI=1S/C17H18N2O.C9H7F3N2.C2H6/c1-12-6-5-8-14(10-12)19(2)17(20)16-15-9-4-3-7-13(15)11-18-16;1-5-3-8(9(10,11)12)7(4-13)6(2)14-5;1-2/h3-10,16,18H,11H2,1-2H3;3H,1-2H3;1-2H3. The molecule has 1 aliphatic heterocycles. The summed E-state index contributed by atoms with van der Waals surface area (Å²) in [7, 11) is 1.83. The Bertz CT molecular complexity index is 1250. The lowest BCUT2D eigenvalue weighted by Crippen LogP contribution is -2.35. The molecule has 3 aromatic rings. The fourth-order valence-electron chi connectivity index (χ4n) is 3.87. The molecular weight excluding hydrogens is 465 g/mol. The molecule has 4 rings (SSSR count). The highest BCUT2D eigenvalue weighted by Gasteiger charge is 2.35. The van der Waals surface area contributed by atoms with Crippen molar-refractivity contribution in [3.05, 3.63) is 93.8 Å². The SMILES string of the molecule is CC.Cc1cc(C(F)(F)F)c(C#N)c(C)n1.Cc1cccc(N(C)C(=O)C2NCc3ccccc32)c1. The van der Waals surface area contributed by atoms with Crippen molar-refractivity contribution >= 4 is 11.6 Å². The molecule has 0 saturated heterocycles. The van der Waals surface area contributed by atoms with Gasteiger partial charge in [0, 0.05) is 25.0 Å². The summed E-state index contributed by atoms with van der Waals surface area (Å²) in [6.45, 7) is 9.64. The van der Waals surface area contributed by atoms with Crippen LogP contribution >= 0.6 is 0 Å². The van der Waals surface area contributed by atoms with Gasteiger partial charge in [-0.05, 0) is 55.7 Å². The third kappa shape index (κ3) is 6.70. The van der Waals surface area contributed by atoms with E-state index in [2.05, 4.69) is 16.4 Å². The van der Waals surface area contributed by atoms with Gasteiger partial charge in [0.05, 0.1) is 16.8 Å². The van der Waals surface area contributed by atoms with E-state index in [1.807, 2.05) is 70.3 Å². The summed E-state index contributed by atoms with van der Waals surface area (Å²) in [5, 5.41) is 11.9. The number of amides is 1. The molecule has 5 nitrogen and oxygen atoms in total. The van der Waals surface area contributed by atoms with Gasteiger partial charge in [0.15, 0.2) is 0 Å². The first-order chi connectivity index (χ1) is 17.0. The monoisotopic (exact) mass is 496 g/mol. The predicted octanol–water partition coefficient (Wildman–Crippen LogP) is 6.42. The number of fused-ring (bicyclic) bond motifs is 1. The molecule has 0 radical (unpaired) electrons. The third-order valence-corrected chi connectivity index (χ3v) is 5.57. The van der Waals surface area contributed by atoms with Crippen LogP contribution in [0, 0.1) is 32.1 Å². The molecule has 36 heavy (non-hydrogen) atoms. The number of aromatic nitrogens is 1. The molecule has 8 heteroatoms. The van der Waals surface area contributed by atoms with Crippen molar-refractivity contribution in [2.45, 2.75) is 53.4 Å². The molecule has 1 aromatic heterocycles. The Morgan fingerprint density at radius 2 is 1.75 bits per heavy atom. The van der Waals surface area contributed by atoms with Crippen molar-refractivity contribution in [2.24, 2.45) is 0 Å². The number of carbonyl (C=O) groups is 1. The van der Waals surface area contributed by atoms with Crippen molar-refractivity contribution in [2.75, 3.05) is 11.9 Å². The van der Waals surface area contributed by atoms with Gasteiger partial charge in [-0.15, -0.1) is 0 Å². The van der Waals surface area contributed by atoms with Gasteiger partial charge < -0.3 is 4.90 Å². The number of nitrogens with zero attached hydrogens (tertiary/aromatic N) is 3. The molecule has 1 atom stereocenters. The summed E-state index contributed by atoms with van der Waals surface area (Å²) in [4.78, 5) is 18.2. The maximum atomic E-state index is 12.7. The minimum absolute atomic E-state index is 0.0838. The topological polar surface area (TPSA) is 69.0 Å². The number of likely N-dealkylation sites (N-methyl/N-ethyl adjacent to an activating group) is 1. The Morgan fingerprint density at radius 3 is 2.36 bits per heavy atom. The number of pyridine rings is 1. The Labute approximate surface area is 210 Å². The van der Waals surface area contributed by atoms with Crippen LogP contribution in [0.4, 0.5) is 18.9 Å². The molecule has 1 N–H and O–H groups in total. The summed E-state index contributed by atoms with van der Waals surface area (Å²) in [5.41, 5.74) is 3.45. The first-order valence-electron chi connectivity index (χ1n) is 11.6. The van der Waals surface area contributed by atoms with E-state index in [-0.39, 0.29) is 23.3 Å². The minimum atomic E-state index is -4.50. The predicted molar refractivity (Wildman–Crippen MR) is 135 cm³/mol. The summed E-state index contributed by atoms with van der Waals surface area (Å²) < 4.78 is 37.2. The molecule has 0 aliphatic carbocycles. The van der Waals surface area contributed by atoms with Crippen molar-refractivity contribution in [1.82, 2.24) is 10.3 Å². The average Bonchev–Trinajstić information content (AvgIpc) is 3.28. The highest BCUT2D eigenvalue weighted by molar-refractivity contribution is 5.98. The Kier molecular flexibility index (Phi) is 9.76. The molecule has 190 valence electrons. The van der Waals surface area contributed by atoms with Crippen LogP contribution in [-0.4, -0.2) is 17.9 Å². The molecule has 1 amide bonds. The van der Waals surface area contributed by atoms with E-state index >= 15 is 0 Å². The normalized spacial score (nSPS) is 13.8. The maximum absolute atomic E-state index is 12.7. The number of nitriles is 1. The van der Waals surface area contributed by atoms with Crippen LogP contribution in [-0.2, 0) is 17.5 Å². The number of alkyl halides is 3. The number of halogens is 3. The fourth-order valence-corrected chi connectivity index (χ4v) is 3.87. The van der Waals surface area contributed by atoms with Crippen LogP contribution in [0.3, 0.4) is 0 Å². The summed E-state index contributed by atoms with van der Waals surface area (Å²) in [5.74, 6) is 0.0838. The van der Waals surface area contributed by atoms with Crippen molar-refractivity contribution in [3.63, 3.8) is 0 Å². The zero-order valence-corrected chi connectivity index (χ0v) is 21.4. The van der Waals surface area contributed by atoms with Gasteiger partial charge in [-0.1, -0.05) is 50.2 Å². The smallest absolute Gasteiger partial charge is 0.314 e. The molecule has 2 aromatic carbocycles. The number of aryl methyl sites for hydroxylation is 3. The van der Waals surface area contributed by atoms with Gasteiger partial charge in [-0.2, -0.15) is 18.4 Å². The maximum Gasteiger partial charge on any atom is 0.417 e. The van der Waals surface area contributed by atoms with Crippen LogP contribution in [0.1, 0.15) is 59.1 Å². The number of rotatable bonds is 2. The second-order valence-electron chi connectivity index (χ2n) is 8.13. The van der Waals surface area contributed by atoms with Gasteiger partial charge in [-0.3, -0.25) is 15.1 Å². The Balaban J connectivity index is 0.000000252. The number of hydrogen-bond donors (Lipinski definition) is 1. The van der Waals surface area contributed by atoms with Crippen LogP contribution in [0.5, 0.6) is 0 Å².